The molecule has 68 valence electrons. The first-order valence-corrected chi connectivity index (χ1v) is 3.82. The monoisotopic (exact) mass is 181 g/mol. The summed E-state index contributed by atoms with van der Waals surface area (Å²) in [6.45, 7) is 0.0993. The molecule has 0 saturated carbocycles. The summed E-state index contributed by atoms with van der Waals surface area (Å²) in [4.78, 5) is 0. The van der Waals surface area contributed by atoms with E-state index in [-0.39, 0.29) is 18.1 Å². The van der Waals surface area contributed by atoms with E-state index in [1.54, 1.807) is 0 Å². The van der Waals surface area contributed by atoms with Crippen molar-refractivity contribution in [2.75, 3.05) is 0 Å². The van der Waals surface area contributed by atoms with Crippen LogP contribution in [-0.2, 0) is 6.54 Å². The summed E-state index contributed by atoms with van der Waals surface area (Å²) in [5.41, 5.74) is 5.62. The van der Waals surface area contributed by atoms with E-state index in [1.165, 1.54) is 18.2 Å². The fraction of sp³-hybridized carbons (Fsp3) is 0.111. The van der Waals surface area contributed by atoms with E-state index in [2.05, 4.69) is 0 Å². The molecule has 0 aliphatic carbocycles. The topological polar surface area (TPSA) is 59.4 Å². The van der Waals surface area contributed by atoms with Crippen LogP contribution in [0.3, 0.4) is 0 Å². The molecule has 0 amide bonds. The molecule has 0 bridgehead atoms. The fourth-order valence-corrected chi connectivity index (χ4v) is 1.25. The predicted molar refractivity (Wildman–Crippen MR) is 45.7 cm³/mol. The van der Waals surface area contributed by atoms with E-state index >= 15 is 0 Å². The van der Waals surface area contributed by atoms with Crippen LogP contribution in [0, 0.1) is 5.82 Å². The van der Waals surface area contributed by atoms with Gasteiger partial charge in [-0.05, 0) is 12.1 Å². The number of hydrogen-bond acceptors (Lipinski definition) is 3. The highest BCUT2D eigenvalue weighted by atomic mass is 19.1. The van der Waals surface area contributed by atoms with E-state index in [9.17, 15) is 9.50 Å². The second-order valence-electron chi connectivity index (χ2n) is 2.72. The number of fused-ring (bicyclic) bond motifs is 1. The second-order valence-corrected chi connectivity index (χ2v) is 2.72. The molecule has 3 N–H and O–H groups in total. The normalized spacial score (nSPS) is 10.9. The van der Waals surface area contributed by atoms with Crippen LogP contribution in [-0.4, -0.2) is 5.11 Å². The standard InChI is InChI=1S/C9H8FNO2/c10-5-1-2-6-7(3-5)13-8(4-11)9(6)12/h1-3,12H,4,11H2. The number of aromatic hydroxyl groups is 1. The van der Waals surface area contributed by atoms with Gasteiger partial charge < -0.3 is 15.3 Å². The van der Waals surface area contributed by atoms with Crippen molar-refractivity contribution in [2.24, 2.45) is 5.73 Å². The Morgan fingerprint density at radius 1 is 1.46 bits per heavy atom. The molecule has 0 unspecified atom stereocenters. The SMILES string of the molecule is NCc1oc2cc(F)ccc2c1O. The Morgan fingerprint density at radius 2 is 2.23 bits per heavy atom. The summed E-state index contributed by atoms with van der Waals surface area (Å²) >= 11 is 0. The van der Waals surface area contributed by atoms with E-state index in [1.807, 2.05) is 0 Å². The number of rotatable bonds is 1. The lowest BCUT2D eigenvalue weighted by molar-refractivity contribution is 0.441. The average molecular weight is 181 g/mol. The van der Waals surface area contributed by atoms with Gasteiger partial charge in [0, 0.05) is 6.07 Å². The van der Waals surface area contributed by atoms with Crippen LogP contribution in [0.25, 0.3) is 11.0 Å². The van der Waals surface area contributed by atoms with Crippen LogP contribution in [0.15, 0.2) is 22.6 Å². The Kier molecular flexibility index (Phi) is 1.70. The lowest BCUT2D eigenvalue weighted by atomic mass is 10.2. The molecule has 2 aromatic rings. The van der Waals surface area contributed by atoms with Gasteiger partial charge in [-0.15, -0.1) is 0 Å². The quantitative estimate of drug-likeness (QED) is 0.704. The van der Waals surface area contributed by atoms with Crippen LogP contribution >= 0.6 is 0 Å². The summed E-state index contributed by atoms with van der Waals surface area (Å²) in [6, 6.07) is 3.94. The minimum atomic E-state index is -0.398. The maximum absolute atomic E-state index is 12.7. The third-order valence-electron chi connectivity index (χ3n) is 1.88. The van der Waals surface area contributed by atoms with Gasteiger partial charge >= 0.3 is 0 Å². The Labute approximate surface area is 73.6 Å². The van der Waals surface area contributed by atoms with Gasteiger partial charge in [0.05, 0.1) is 11.9 Å². The summed E-state index contributed by atoms with van der Waals surface area (Å²) in [5.74, 6) is -0.122. The molecule has 3 nitrogen and oxygen atoms in total. The van der Waals surface area contributed by atoms with E-state index in [4.69, 9.17) is 10.2 Å². The van der Waals surface area contributed by atoms with Gasteiger partial charge in [0.15, 0.2) is 11.5 Å². The van der Waals surface area contributed by atoms with Crippen molar-refractivity contribution in [3.8, 4) is 5.75 Å². The molecule has 2 rings (SSSR count). The van der Waals surface area contributed by atoms with Crippen molar-refractivity contribution in [2.45, 2.75) is 6.54 Å². The number of hydrogen-bond donors (Lipinski definition) is 2. The van der Waals surface area contributed by atoms with Crippen LogP contribution in [0.5, 0.6) is 5.75 Å². The minimum absolute atomic E-state index is 0.00231. The molecule has 4 heteroatoms. The van der Waals surface area contributed by atoms with Crippen molar-refractivity contribution < 1.29 is 13.9 Å². The molecule has 0 aliphatic heterocycles. The Hall–Kier alpha value is -1.55. The van der Waals surface area contributed by atoms with Gasteiger partial charge in [-0.25, -0.2) is 4.39 Å². The summed E-state index contributed by atoms with van der Waals surface area (Å²) in [6.07, 6.45) is 0. The summed E-state index contributed by atoms with van der Waals surface area (Å²) in [5, 5.41) is 9.97. The Bertz CT molecular complexity index is 450. The van der Waals surface area contributed by atoms with Crippen molar-refractivity contribution in [3.63, 3.8) is 0 Å². The van der Waals surface area contributed by atoms with Crippen molar-refractivity contribution in [1.29, 1.82) is 0 Å². The predicted octanol–water partition coefficient (Wildman–Crippen LogP) is 1.74. The number of nitrogens with two attached hydrogens (primary N) is 1. The third kappa shape index (κ3) is 1.15. The van der Waals surface area contributed by atoms with Crippen molar-refractivity contribution in [3.05, 3.63) is 29.8 Å². The molecule has 1 aromatic heterocycles. The van der Waals surface area contributed by atoms with Crippen LogP contribution < -0.4 is 5.73 Å². The molecular weight excluding hydrogens is 173 g/mol. The van der Waals surface area contributed by atoms with Gasteiger partial charge in [0.1, 0.15) is 11.4 Å². The molecule has 0 radical (unpaired) electrons. The van der Waals surface area contributed by atoms with Gasteiger partial charge in [-0.2, -0.15) is 0 Å². The molecule has 0 atom stereocenters. The third-order valence-corrected chi connectivity index (χ3v) is 1.88. The first kappa shape index (κ1) is 8.07. The summed E-state index contributed by atoms with van der Waals surface area (Å²) in [7, 11) is 0. The molecule has 0 fully saturated rings. The van der Waals surface area contributed by atoms with Gasteiger partial charge in [-0.1, -0.05) is 0 Å². The first-order valence-electron chi connectivity index (χ1n) is 3.82. The summed E-state index contributed by atoms with van der Waals surface area (Å²) < 4.78 is 17.8. The zero-order valence-corrected chi connectivity index (χ0v) is 6.75. The lowest BCUT2D eigenvalue weighted by Crippen LogP contribution is -1.93. The second kappa shape index (κ2) is 2.74. The lowest BCUT2D eigenvalue weighted by Gasteiger charge is -1.88. The molecule has 13 heavy (non-hydrogen) atoms. The van der Waals surface area contributed by atoms with Crippen molar-refractivity contribution in [1.82, 2.24) is 0 Å². The molecular formula is C9H8FNO2. The van der Waals surface area contributed by atoms with Crippen LogP contribution in [0.1, 0.15) is 5.76 Å². The maximum Gasteiger partial charge on any atom is 0.166 e. The van der Waals surface area contributed by atoms with Crippen molar-refractivity contribution >= 4 is 11.0 Å². The maximum atomic E-state index is 12.7. The molecule has 0 aliphatic rings. The van der Waals surface area contributed by atoms with Gasteiger partial charge in [0.25, 0.3) is 0 Å². The number of furan rings is 1. The molecule has 1 heterocycles. The minimum Gasteiger partial charge on any atom is -0.504 e. The Balaban J connectivity index is 2.76. The molecule has 0 spiro atoms. The van der Waals surface area contributed by atoms with E-state index < -0.39 is 5.82 Å². The number of benzene rings is 1. The number of halogens is 1. The van der Waals surface area contributed by atoms with Gasteiger partial charge in [0.2, 0.25) is 0 Å². The highest BCUT2D eigenvalue weighted by molar-refractivity contribution is 5.85. The Morgan fingerprint density at radius 3 is 2.92 bits per heavy atom. The largest absolute Gasteiger partial charge is 0.504 e. The fourth-order valence-electron chi connectivity index (χ4n) is 1.25. The highest BCUT2D eigenvalue weighted by Crippen LogP contribution is 2.31. The zero-order chi connectivity index (χ0) is 9.42. The van der Waals surface area contributed by atoms with Crippen LogP contribution in [0.2, 0.25) is 0 Å². The van der Waals surface area contributed by atoms with Crippen LogP contribution in [0.4, 0.5) is 4.39 Å². The van der Waals surface area contributed by atoms with E-state index in [0.717, 1.165) is 0 Å². The molecule has 1 aromatic carbocycles. The smallest absolute Gasteiger partial charge is 0.166 e. The zero-order valence-electron chi connectivity index (χ0n) is 6.75. The highest BCUT2D eigenvalue weighted by Gasteiger charge is 2.11. The molecule has 0 saturated heterocycles. The van der Waals surface area contributed by atoms with E-state index in [0.29, 0.717) is 11.0 Å². The average Bonchev–Trinajstić information content (AvgIpc) is 2.42. The first-order chi connectivity index (χ1) is 6.22. The van der Waals surface area contributed by atoms with Gasteiger partial charge in [-0.3, -0.25) is 0 Å².